The fourth-order valence-corrected chi connectivity index (χ4v) is 3.24. The Labute approximate surface area is 145 Å². The molecule has 0 saturated carbocycles. The number of nitrogens with one attached hydrogen (secondary N) is 2. The van der Waals surface area contributed by atoms with Crippen molar-refractivity contribution in [3.05, 3.63) is 53.6 Å². The first kappa shape index (κ1) is 15.5. The van der Waals surface area contributed by atoms with Crippen molar-refractivity contribution in [3.8, 4) is 11.5 Å². The Morgan fingerprint density at radius 2 is 1.76 bits per heavy atom. The maximum Gasteiger partial charge on any atom is 0.313 e. The Hall–Kier alpha value is -3.02. The lowest BCUT2D eigenvalue weighted by atomic mass is 10.1. The molecule has 1 aliphatic carbocycles. The highest BCUT2D eigenvalue weighted by Gasteiger charge is 2.26. The predicted molar refractivity (Wildman–Crippen MR) is 91.7 cm³/mol. The summed E-state index contributed by atoms with van der Waals surface area (Å²) in [6, 6.07) is 12.9. The van der Waals surface area contributed by atoms with Gasteiger partial charge in [-0.05, 0) is 36.1 Å². The Morgan fingerprint density at radius 3 is 2.64 bits per heavy atom. The van der Waals surface area contributed by atoms with Crippen LogP contribution in [0.25, 0.3) is 0 Å². The van der Waals surface area contributed by atoms with Crippen LogP contribution in [0.4, 0.5) is 5.69 Å². The van der Waals surface area contributed by atoms with Gasteiger partial charge >= 0.3 is 11.8 Å². The first-order chi connectivity index (χ1) is 12.2. The molecule has 2 aromatic carbocycles. The maximum absolute atomic E-state index is 12.2. The van der Waals surface area contributed by atoms with Gasteiger partial charge in [-0.1, -0.05) is 24.3 Å². The minimum Gasteiger partial charge on any atom is -0.486 e. The molecule has 0 aromatic heterocycles. The van der Waals surface area contributed by atoms with E-state index in [9.17, 15) is 9.59 Å². The third kappa shape index (κ3) is 3.15. The largest absolute Gasteiger partial charge is 0.486 e. The molecule has 0 fully saturated rings. The summed E-state index contributed by atoms with van der Waals surface area (Å²) in [5, 5.41) is 5.41. The van der Waals surface area contributed by atoms with Crippen LogP contribution in [0.5, 0.6) is 11.5 Å². The third-order valence-electron chi connectivity index (χ3n) is 4.44. The Kier molecular flexibility index (Phi) is 4.01. The number of anilines is 1. The quantitative estimate of drug-likeness (QED) is 0.823. The Bertz CT molecular complexity index is 834. The van der Waals surface area contributed by atoms with Gasteiger partial charge in [0.2, 0.25) is 0 Å². The van der Waals surface area contributed by atoms with Gasteiger partial charge in [-0.2, -0.15) is 0 Å². The van der Waals surface area contributed by atoms with Crippen LogP contribution < -0.4 is 20.1 Å². The SMILES string of the molecule is O=C(Nc1ccc2c(c1)OCCO2)C(=O)N[C@H]1CCc2ccccc21. The van der Waals surface area contributed by atoms with E-state index in [2.05, 4.69) is 16.7 Å². The topological polar surface area (TPSA) is 76.7 Å². The van der Waals surface area contributed by atoms with Crippen molar-refractivity contribution >= 4 is 17.5 Å². The van der Waals surface area contributed by atoms with Crippen LogP contribution in [-0.2, 0) is 16.0 Å². The highest BCUT2D eigenvalue weighted by molar-refractivity contribution is 6.39. The zero-order valence-electron chi connectivity index (χ0n) is 13.6. The second-order valence-electron chi connectivity index (χ2n) is 6.08. The number of amides is 2. The molecule has 2 amide bonds. The van der Waals surface area contributed by atoms with Crippen molar-refractivity contribution in [2.24, 2.45) is 0 Å². The first-order valence-electron chi connectivity index (χ1n) is 8.30. The van der Waals surface area contributed by atoms with Crippen LogP contribution >= 0.6 is 0 Å². The van der Waals surface area contributed by atoms with Gasteiger partial charge in [-0.15, -0.1) is 0 Å². The number of rotatable bonds is 2. The average molecular weight is 338 g/mol. The Balaban J connectivity index is 1.41. The molecule has 1 heterocycles. The minimum absolute atomic E-state index is 0.116. The molecular weight excluding hydrogens is 320 g/mol. The smallest absolute Gasteiger partial charge is 0.313 e. The van der Waals surface area contributed by atoms with E-state index >= 15 is 0 Å². The molecule has 4 rings (SSSR count). The van der Waals surface area contributed by atoms with Gasteiger partial charge < -0.3 is 20.1 Å². The molecule has 0 unspecified atom stereocenters. The lowest BCUT2D eigenvalue weighted by Crippen LogP contribution is -2.37. The van der Waals surface area contributed by atoms with Crippen molar-refractivity contribution in [1.82, 2.24) is 5.32 Å². The number of carbonyl (C=O) groups is 2. The standard InChI is InChI=1S/C19H18N2O4/c22-18(20-13-6-8-16-17(11-13)25-10-9-24-16)19(23)21-15-7-5-12-3-1-2-4-14(12)15/h1-4,6,8,11,15H,5,7,9-10H2,(H,20,22)(H,21,23)/t15-/m0/s1. The number of benzene rings is 2. The zero-order valence-corrected chi connectivity index (χ0v) is 13.6. The summed E-state index contributed by atoms with van der Waals surface area (Å²) in [7, 11) is 0. The number of hydrogen-bond acceptors (Lipinski definition) is 4. The molecular formula is C19H18N2O4. The van der Waals surface area contributed by atoms with E-state index in [1.165, 1.54) is 5.56 Å². The molecule has 128 valence electrons. The second kappa shape index (κ2) is 6.47. The molecule has 6 heteroatoms. The summed E-state index contributed by atoms with van der Waals surface area (Å²) < 4.78 is 10.9. The highest BCUT2D eigenvalue weighted by Crippen LogP contribution is 2.33. The minimum atomic E-state index is -0.693. The van der Waals surface area contributed by atoms with Gasteiger partial charge in [0.1, 0.15) is 13.2 Å². The van der Waals surface area contributed by atoms with Crippen LogP contribution in [-0.4, -0.2) is 25.0 Å². The van der Waals surface area contributed by atoms with Crippen molar-refractivity contribution in [2.75, 3.05) is 18.5 Å². The molecule has 2 aromatic rings. The summed E-state index contributed by atoms with van der Waals surface area (Å²) in [5.74, 6) is -0.136. The first-order valence-corrected chi connectivity index (χ1v) is 8.30. The van der Waals surface area contributed by atoms with Crippen LogP contribution in [0.2, 0.25) is 0 Å². The van der Waals surface area contributed by atoms with E-state index < -0.39 is 11.8 Å². The van der Waals surface area contributed by atoms with E-state index in [1.54, 1.807) is 18.2 Å². The number of hydrogen-bond donors (Lipinski definition) is 2. The molecule has 25 heavy (non-hydrogen) atoms. The summed E-state index contributed by atoms with van der Waals surface area (Å²) >= 11 is 0. The van der Waals surface area contributed by atoms with Crippen molar-refractivity contribution < 1.29 is 19.1 Å². The van der Waals surface area contributed by atoms with Gasteiger partial charge in [0.05, 0.1) is 6.04 Å². The van der Waals surface area contributed by atoms with Gasteiger partial charge in [0.25, 0.3) is 0 Å². The monoisotopic (exact) mass is 338 g/mol. The van der Waals surface area contributed by atoms with Crippen molar-refractivity contribution in [1.29, 1.82) is 0 Å². The molecule has 1 aliphatic heterocycles. The third-order valence-corrected chi connectivity index (χ3v) is 4.44. The average Bonchev–Trinajstić information content (AvgIpc) is 3.04. The lowest BCUT2D eigenvalue weighted by Gasteiger charge is -2.19. The van der Waals surface area contributed by atoms with Crippen LogP contribution in [0.3, 0.4) is 0 Å². The second-order valence-corrected chi connectivity index (χ2v) is 6.08. The summed E-state index contributed by atoms with van der Waals surface area (Å²) in [6.07, 6.45) is 1.72. The van der Waals surface area contributed by atoms with Crippen LogP contribution in [0.1, 0.15) is 23.6 Å². The van der Waals surface area contributed by atoms with Gasteiger partial charge in [0.15, 0.2) is 11.5 Å². The molecule has 0 saturated heterocycles. The predicted octanol–water partition coefficient (Wildman–Crippen LogP) is 2.20. The van der Waals surface area contributed by atoms with Crippen LogP contribution in [0, 0.1) is 0 Å². The van der Waals surface area contributed by atoms with Gasteiger partial charge in [-0.3, -0.25) is 9.59 Å². The van der Waals surface area contributed by atoms with Gasteiger partial charge in [-0.25, -0.2) is 0 Å². The van der Waals surface area contributed by atoms with E-state index in [0.29, 0.717) is 30.4 Å². The fraction of sp³-hybridized carbons (Fsp3) is 0.263. The molecule has 2 N–H and O–H groups in total. The summed E-state index contributed by atoms with van der Waals surface area (Å²) in [5.41, 5.74) is 2.80. The number of fused-ring (bicyclic) bond motifs is 2. The van der Waals surface area contributed by atoms with E-state index in [-0.39, 0.29) is 6.04 Å². The van der Waals surface area contributed by atoms with E-state index in [4.69, 9.17) is 9.47 Å². The number of aryl methyl sites for hydroxylation is 1. The molecule has 1 atom stereocenters. The molecule has 6 nitrogen and oxygen atoms in total. The zero-order chi connectivity index (χ0) is 17.2. The molecule has 0 spiro atoms. The number of ether oxygens (including phenoxy) is 2. The molecule has 0 bridgehead atoms. The van der Waals surface area contributed by atoms with Crippen LogP contribution in [0.15, 0.2) is 42.5 Å². The van der Waals surface area contributed by atoms with E-state index in [1.807, 2.05) is 18.2 Å². The fourth-order valence-electron chi connectivity index (χ4n) is 3.24. The molecule has 0 radical (unpaired) electrons. The summed E-state index contributed by atoms with van der Waals surface area (Å²) in [6.45, 7) is 0.968. The lowest BCUT2D eigenvalue weighted by molar-refractivity contribution is -0.136. The summed E-state index contributed by atoms with van der Waals surface area (Å²) in [4.78, 5) is 24.4. The Morgan fingerprint density at radius 1 is 0.960 bits per heavy atom. The maximum atomic E-state index is 12.2. The van der Waals surface area contributed by atoms with Gasteiger partial charge in [0, 0.05) is 11.8 Å². The normalized spacial score (nSPS) is 17.5. The van der Waals surface area contributed by atoms with E-state index in [0.717, 1.165) is 18.4 Å². The number of carbonyl (C=O) groups excluding carboxylic acids is 2. The highest BCUT2D eigenvalue weighted by atomic mass is 16.6. The van der Waals surface area contributed by atoms with Crippen molar-refractivity contribution in [2.45, 2.75) is 18.9 Å². The molecule has 2 aliphatic rings. The van der Waals surface area contributed by atoms with Crippen molar-refractivity contribution in [3.63, 3.8) is 0 Å².